The van der Waals surface area contributed by atoms with E-state index < -0.39 is 12.0 Å². The van der Waals surface area contributed by atoms with E-state index in [0.29, 0.717) is 24.4 Å². The number of nitrogens with zero attached hydrogens (tertiary/aromatic N) is 2. The highest BCUT2D eigenvalue weighted by atomic mass is 32.1. The van der Waals surface area contributed by atoms with E-state index >= 15 is 0 Å². The van der Waals surface area contributed by atoms with E-state index in [9.17, 15) is 14.4 Å². The standard InChI is InChI=1S/C14H18N2O4S/c1-2-15(9-12(17)18)13(19)10-5-3-7-16(10)14(20)11-6-4-8-21-11/h4,6,8,10H,2-3,5,7,9H2,1H3,(H,17,18). The lowest BCUT2D eigenvalue weighted by molar-refractivity contribution is -0.145. The van der Waals surface area contributed by atoms with Crippen LogP contribution < -0.4 is 0 Å². The molecule has 0 spiro atoms. The number of rotatable bonds is 5. The zero-order chi connectivity index (χ0) is 15.4. The van der Waals surface area contributed by atoms with Gasteiger partial charge in [0.2, 0.25) is 5.91 Å². The van der Waals surface area contributed by atoms with Crippen LogP contribution in [0.25, 0.3) is 0 Å². The first-order valence-electron chi connectivity index (χ1n) is 6.89. The van der Waals surface area contributed by atoms with Crippen molar-refractivity contribution in [3.05, 3.63) is 22.4 Å². The molecule has 114 valence electrons. The third-order valence-corrected chi connectivity index (χ3v) is 4.41. The number of carbonyl (C=O) groups is 3. The van der Waals surface area contributed by atoms with Crippen LogP contribution in [0.3, 0.4) is 0 Å². The number of hydrogen-bond acceptors (Lipinski definition) is 4. The van der Waals surface area contributed by atoms with Crippen LogP contribution in [0.1, 0.15) is 29.4 Å². The molecule has 1 atom stereocenters. The average molecular weight is 310 g/mol. The van der Waals surface area contributed by atoms with Crippen LogP contribution >= 0.6 is 11.3 Å². The van der Waals surface area contributed by atoms with Gasteiger partial charge in [-0.05, 0) is 31.2 Å². The Balaban J connectivity index is 2.12. The summed E-state index contributed by atoms with van der Waals surface area (Å²) < 4.78 is 0. The Morgan fingerprint density at radius 2 is 2.24 bits per heavy atom. The predicted octanol–water partition coefficient (Wildman–Crippen LogP) is 1.29. The zero-order valence-electron chi connectivity index (χ0n) is 11.8. The van der Waals surface area contributed by atoms with E-state index in [2.05, 4.69) is 0 Å². The second-order valence-corrected chi connectivity index (χ2v) is 5.83. The lowest BCUT2D eigenvalue weighted by Crippen LogP contribution is -2.49. The summed E-state index contributed by atoms with van der Waals surface area (Å²) in [6.07, 6.45) is 1.35. The molecule has 0 bridgehead atoms. The Bertz CT molecular complexity index is 529. The van der Waals surface area contributed by atoms with Crippen molar-refractivity contribution in [1.29, 1.82) is 0 Å². The fourth-order valence-electron chi connectivity index (χ4n) is 2.53. The average Bonchev–Trinajstić information content (AvgIpc) is 3.13. The highest BCUT2D eigenvalue weighted by molar-refractivity contribution is 7.12. The summed E-state index contributed by atoms with van der Waals surface area (Å²) in [6, 6.07) is 2.99. The first-order chi connectivity index (χ1) is 10.0. The third-order valence-electron chi connectivity index (χ3n) is 3.55. The summed E-state index contributed by atoms with van der Waals surface area (Å²) in [5.41, 5.74) is 0. The fraction of sp³-hybridized carbons (Fsp3) is 0.500. The van der Waals surface area contributed by atoms with Gasteiger partial charge in [-0.15, -0.1) is 11.3 Å². The second kappa shape index (κ2) is 6.71. The van der Waals surface area contributed by atoms with E-state index in [1.807, 2.05) is 5.38 Å². The van der Waals surface area contributed by atoms with Gasteiger partial charge in [0.05, 0.1) is 4.88 Å². The highest BCUT2D eigenvalue weighted by Crippen LogP contribution is 2.23. The zero-order valence-corrected chi connectivity index (χ0v) is 12.6. The third kappa shape index (κ3) is 3.41. The minimum atomic E-state index is -1.04. The van der Waals surface area contributed by atoms with Gasteiger partial charge in [-0.25, -0.2) is 0 Å². The van der Waals surface area contributed by atoms with E-state index in [1.165, 1.54) is 16.2 Å². The maximum atomic E-state index is 12.5. The molecule has 1 unspecified atom stereocenters. The topological polar surface area (TPSA) is 77.9 Å². The van der Waals surface area contributed by atoms with Gasteiger partial charge in [0, 0.05) is 13.1 Å². The van der Waals surface area contributed by atoms with Crippen molar-refractivity contribution in [2.75, 3.05) is 19.6 Å². The summed E-state index contributed by atoms with van der Waals surface area (Å²) in [6.45, 7) is 2.27. The molecule has 0 saturated carbocycles. The van der Waals surface area contributed by atoms with Crippen molar-refractivity contribution in [2.45, 2.75) is 25.8 Å². The van der Waals surface area contributed by atoms with Crippen molar-refractivity contribution in [2.24, 2.45) is 0 Å². The molecule has 2 heterocycles. The second-order valence-electron chi connectivity index (χ2n) is 4.88. The summed E-state index contributed by atoms with van der Waals surface area (Å²) in [4.78, 5) is 39.2. The minimum Gasteiger partial charge on any atom is -0.480 e. The largest absolute Gasteiger partial charge is 0.480 e. The Morgan fingerprint density at radius 3 is 2.81 bits per heavy atom. The smallest absolute Gasteiger partial charge is 0.323 e. The predicted molar refractivity (Wildman–Crippen MR) is 78.3 cm³/mol. The molecule has 2 amide bonds. The van der Waals surface area contributed by atoms with Gasteiger partial charge in [-0.3, -0.25) is 14.4 Å². The monoisotopic (exact) mass is 310 g/mol. The van der Waals surface area contributed by atoms with Gasteiger partial charge in [0.25, 0.3) is 5.91 Å². The quantitative estimate of drug-likeness (QED) is 0.889. The number of hydrogen-bond donors (Lipinski definition) is 1. The van der Waals surface area contributed by atoms with Crippen LogP contribution in [0, 0.1) is 0 Å². The van der Waals surface area contributed by atoms with Crippen molar-refractivity contribution in [3.8, 4) is 0 Å². The number of thiophene rings is 1. The van der Waals surface area contributed by atoms with Crippen LogP contribution in [-0.4, -0.2) is 58.4 Å². The van der Waals surface area contributed by atoms with Gasteiger partial charge in [0.15, 0.2) is 0 Å². The molecule has 1 N–H and O–H groups in total. The number of carbonyl (C=O) groups excluding carboxylic acids is 2. The molecule has 1 fully saturated rings. The van der Waals surface area contributed by atoms with Crippen LogP contribution in [0.4, 0.5) is 0 Å². The van der Waals surface area contributed by atoms with E-state index in [-0.39, 0.29) is 18.4 Å². The molecule has 1 saturated heterocycles. The summed E-state index contributed by atoms with van der Waals surface area (Å²) in [7, 11) is 0. The number of likely N-dealkylation sites (N-methyl/N-ethyl adjacent to an activating group) is 1. The molecule has 0 radical (unpaired) electrons. The Morgan fingerprint density at radius 1 is 1.48 bits per heavy atom. The van der Waals surface area contributed by atoms with Gasteiger partial charge in [0.1, 0.15) is 12.6 Å². The molecular formula is C14H18N2O4S. The number of carboxylic acids is 1. The lowest BCUT2D eigenvalue weighted by atomic mass is 10.2. The molecule has 0 aromatic carbocycles. The van der Waals surface area contributed by atoms with E-state index in [1.54, 1.807) is 24.0 Å². The molecule has 21 heavy (non-hydrogen) atoms. The number of aliphatic carboxylic acids is 1. The highest BCUT2D eigenvalue weighted by Gasteiger charge is 2.37. The van der Waals surface area contributed by atoms with Crippen molar-refractivity contribution in [1.82, 2.24) is 9.80 Å². The van der Waals surface area contributed by atoms with Gasteiger partial charge >= 0.3 is 5.97 Å². The van der Waals surface area contributed by atoms with E-state index in [4.69, 9.17) is 5.11 Å². The van der Waals surface area contributed by atoms with Crippen molar-refractivity contribution >= 4 is 29.1 Å². The van der Waals surface area contributed by atoms with Crippen molar-refractivity contribution < 1.29 is 19.5 Å². The molecule has 6 nitrogen and oxygen atoms in total. The first kappa shape index (κ1) is 15.5. The molecule has 1 aliphatic rings. The maximum Gasteiger partial charge on any atom is 0.323 e. The van der Waals surface area contributed by atoms with Gasteiger partial charge in [-0.1, -0.05) is 6.07 Å². The molecule has 1 aromatic heterocycles. The first-order valence-corrected chi connectivity index (χ1v) is 7.77. The Labute approximate surface area is 127 Å². The number of carboxylic acid groups (broad SMARTS) is 1. The molecule has 1 aliphatic heterocycles. The SMILES string of the molecule is CCN(CC(=O)O)C(=O)C1CCCN1C(=O)c1cccs1. The molecule has 0 aliphatic carbocycles. The molecule has 2 rings (SSSR count). The van der Waals surface area contributed by atoms with E-state index in [0.717, 1.165) is 6.42 Å². The van der Waals surface area contributed by atoms with Gasteiger partial charge in [-0.2, -0.15) is 0 Å². The number of amides is 2. The van der Waals surface area contributed by atoms with Crippen LogP contribution in [-0.2, 0) is 9.59 Å². The molecule has 7 heteroatoms. The summed E-state index contributed by atoms with van der Waals surface area (Å²) in [5.74, 6) is -1.46. The lowest BCUT2D eigenvalue weighted by Gasteiger charge is -2.28. The van der Waals surface area contributed by atoms with Gasteiger partial charge < -0.3 is 14.9 Å². The normalized spacial score (nSPS) is 17.8. The van der Waals surface area contributed by atoms with Crippen molar-refractivity contribution in [3.63, 3.8) is 0 Å². The van der Waals surface area contributed by atoms with Crippen LogP contribution in [0.15, 0.2) is 17.5 Å². The Hall–Kier alpha value is -1.89. The molecule has 1 aromatic rings. The number of likely N-dealkylation sites (tertiary alicyclic amines) is 1. The summed E-state index contributed by atoms with van der Waals surface area (Å²) >= 11 is 1.35. The maximum absolute atomic E-state index is 12.5. The van der Waals surface area contributed by atoms with Crippen LogP contribution in [0.5, 0.6) is 0 Å². The minimum absolute atomic E-state index is 0.146. The fourth-order valence-corrected chi connectivity index (χ4v) is 3.21. The van der Waals surface area contributed by atoms with Crippen LogP contribution in [0.2, 0.25) is 0 Å². The Kier molecular flexibility index (Phi) is 4.95. The summed E-state index contributed by atoms with van der Waals surface area (Å²) in [5, 5.41) is 10.7. The molecular weight excluding hydrogens is 292 g/mol.